The monoisotopic (exact) mass is 306 g/mol. The van der Waals surface area contributed by atoms with Crippen molar-refractivity contribution in [2.45, 2.75) is 25.7 Å². The second-order valence-electron chi connectivity index (χ2n) is 4.72. The number of hydrogen-bond donors (Lipinski definition) is 0. The number of carbonyl (C=O) groups is 2. The van der Waals surface area contributed by atoms with Gasteiger partial charge in [-0.2, -0.15) is 0 Å². The molecule has 2 nitrogen and oxygen atoms in total. The molecule has 0 heterocycles. The molecule has 1 aromatic carbocycles. The number of hydrogen-bond acceptors (Lipinski definition) is 2. The average Bonchev–Trinajstić information content (AvgIpc) is 2.39. The molecule has 0 fully saturated rings. The SMILES string of the molecule is CC1=C(C=O)[C@@H](c2ccc(Br)cc2)[C@H](C=O)CC1. The molecule has 0 saturated heterocycles. The fourth-order valence-corrected chi connectivity index (χ4v) is 2.87. The van der Waals surface area contributed by atoms with E-state index in [2.05, 4.69) is 15.9 Å². The molecule has 18 heavy (non-hydrogen) atoms. The van der Waals surface area contributed by atoms with E-state index in [1.54, 1.807) is 0 Å². The van der Waals surface area contributed by atoms with Gasteiger partial charge in [0.15, 0.2) is 0 Å². The van der Waals surface area contributed by atoms with Crippen molar-refractivity contribution in [2.24, 2.45) is 5.92 Å². The van der Waals surface area contributed by atoms with E-state index in [1.807, 2.05) is 31.2 Å². The summed E-state index contributed by atoms with van der Waals surface area (Å²) in [6, 6.07) is 7.85. The van der Waals surface area contributed by atoms with E-state index in [1.165, 1.54) is 0 Å². The second kappa shape index (κ2) is 5.61. The van der Waals surface area contributed by atoms with Crippen LogP contribution in [0.5, 0.6) is 0 Å². The first-order valence-electron chi connectivity index (χ1n) is 6.03. The van der Waals surface area contributed by atoms with Gasteiger partial charge in [-0.25, -0.2) is 0 Å². The number of allylic oxidation sites excluding steroid dienone is 2. The van der Waals surface area contributed by atoms with E-state index in [4.69, 9.17) is 0 Å². The number of carbonyl (C=O) groups excluding carboxylic acids is 2. The van der Waals surface area contributed by atoms with Crippen LogP contribution in [0, 0.1) is 5.92 Å². The van der Waals surface area contributed by atoms with Crippen molar-refractivity contribution in [2.75, 3.05) is 0 Å². The van der Waals surface area contributed by atoms with E-state index in [9.17, 15) is 9.59 Å². The molecular weight excluding hydrogens is 292 g/mol. The summed E-state index contributed by atoms with van der Waals surface area (Å²) in [6.45, 7) is 1.98. The summed E-state index contributed by atoms with van der Waals surface area (Å²) in [5, 5.41) is 0. The van der Waals surface area contributed by atoms with Crippen molar-refractivity contribution in [3.05, 3.63) is 45.4 Å². The molecule has 0 amide bonds. The molecule has 1 aliphatic rings. The van der Waals surface area contributed by atoms with Crippen LogP contribution in [0.1, 0.15) is 31.2 Å². The summed E-state index contributed by atoms with van der Waals surface area (Å²) in [7, 11) is 0. The highest BCUT2D eigenvalue weighted by molar-refractivity contribution is 9.10. The highest BCUT2D eigenvalue weighted by Gasteiger charge is 2.31. The quantitative estimate of drug-likeness (QED) is 0.799. The topological polar surface area (TPSA) is 34.1 Å². The van der Waals surface area contributed by atoms with Gasteiger partial charge >= 0.3 is 0 Å². The summed E-state index contributed by atoms with van der Waals surface area (Å²) < 4.78 is 0.998. The lowest BCUT2D eigenvalue weighted by Gasteiger charge is -2.30. The standard InChI is InChI=1S/C15H15BrO2/c1-10-2-3-12(8-17)15(14(10)9-18)11-4-6-13(16)7-5-11/h4-9,12,15H,2-3H2,1H3/t12-,15-/m0/s1. The first kappa shape index (κ1) is 13.2. The Hall–Kier alpha value is -1.22. The fourth-order valence-electron chi connectivity index (χ4n) is 2.61. The van der Waals surface area contributed by atoms with Crippen LogP contribution >= 0.6 is 15.9 Å². The summed E-state index contributed by atoms with van der Waals surface area (Å²) in [6.07, 6.45) is 3.57. The maximum absolute atomic E-state index is 11.3. The molecule has 3 heteroatoms. The van der Waals surface area contributed by atoms with Crippen LogP contribution in [0.2, 0.25) is 0 Å². The molecule has 0 bridgehead atoms. The van der Waals surface area contributed by atoms with Gasteiger partial charge in [-0.3, -0.25) is 4.79 Å². The zero-order valence-corrected chi connectivity index (χ0v) is 11.8. The van der Waals surface area contributed by atoms with Crippen LogP contribution in [-0.4, -0.2) is 12.6 Å². The van der Waals surface area contributed by atoms with Crippen LogP contribution in [-0.2, 0) is 9.59 Å². The average molecular weight is 307 g/mol. The first-order chi connectivity index (χ1) is 8.67. The maximum Gasteiger partial charge on any atom is 0.146 e. The minimum atomic E-state index is -0.0879. The molecule has 0 spiro atoms. The Morgan fingerprint density at radius 2 is 1.89 bits per heavy atom. The Morgan fingerprint density at radius 3 is 2.44 bits per heavy atom. The van der Waals surface area contributed by atoms with Crippen LogP contribution in [0.4, 0.5) is 0 Å². The van der Waals surface area contributed by atoms with Crippen LogP contribution in [0.25, 0.3) is 0 Å². The van der Waals surface area contributed by atoms with Crippen molar-refractivity contribution in [3.63, 3.8) is 0 Å². The minimum absolute atomic E-state index is 0.0816. The lowest BCUT2D eigenvalue weighted by Crippen LogP contribution is -2.22. The number of rotatable bonds is 3. The van der Waals surface area contributed by atoms with Gasteiger partial charge in [-0.1, -0.05) is 33.6 Å². The third-order valence-electron chi connectivity index (χ3n) is 3.64. The number of aldehydes is 2. The summed E-state index contributed by atoms with van der Waals surface area (Å²) >= 11 is 3.39. The van der Waals surface area contributed by atoms with Crippen LogP contribution in [0.15, 0.2) is 39.9 Å². The van der Waals surface area contributed by atoms with Crippen molar-refractivity contribution >= 4 is 28.5 Å². The van der Waals surface area contributed by atoms with Gasteiger partial charge in [-0.05, 0) is 43.0 Å². The second-order valence-corrected chi connectivity index (χ2v) is 5.64. The number of benzene rings is 1. The number of halogens is 1. The van der Waals surface area contributed by atoms with Crippen LogP contribution < -0.4 is 0 Å². The van der Waals surface area contributed by atoms with E-state index < -0.39 is 0 Å². The van der Waals surface area contributed by atoms with E-state index in [-0.39, 0.29) is 11.8 Å². The Bertz CT molecular complexity index is 488. The smallest absolute Gasteiger partial charge is 0.146 e. The van der Waals surface area contributed by atoms with Gasteiger partial charge in [0.2, 0.25) is 0 Å². The molecule has 0 radical (unpaired) electrons. The highest BCUT2D eigenvalue weighted by Crippen LogP contribution is 2.40. The summed E-state index contributed by atoms with van der Waals surface area (Å²) in [5.41, 5.74) is 2.92. The molecule has 2 atom stereocenters. The third-order valence-corrected chi connectivity index (χ3v) is 4.17. The normalized spacial score (nSPS) is 23.9. The van der Waals surface area contributed by atoms with Gasteiger partial charge in [0.25, 0.3) is 0 Å². The first-order valence-corrected chi connectivity index (χ1v) is 6.82. The van der Waals surface area contributed by atoms with Gasteiger partial charge in [0, 0.05) is 16.3 Å². The van der Waals surface area contributed by atoms with Gasteiger partial charge < -0.3 is 4.79 Å². The third kappa shape index (κ3) is 2.46. The minimum Gasteiger partial charge on any atom is -0.303 e. The molecule has 0 N–H and O–H groups in total. The Kier molecular flexibility index (Phi) is 4.12. The molecule has 0 aromatic heterocycles. The molecule has 0 unspecified atom stereocenters. The summed E-state index contributed by atoms with van der Waals surface area (Å²) in [5.74, 6) is -0.170. The molecule has 1 aliphatic carbocycles. The van der Waals surface area contributed by atoms with Crippen LogP contribution in [0.3, 0.4) is 0 Å². The zero-order chi connectivity index (χ0) is 13.1. The van der Waals surface area contributed by atoms with Gasteiger partial charge in [-0.15, -0.1) is 0 Å². The Morgan fingerprint density at radius 1 is 1.22 bits per heavy atom. The highest BCUT2D eigenvalue weighted by atomic mass is 79.9. The predicted octanol–water partition coefficient (Wildman–Crippen LogP) is 3.66. The van der Waals surface area contributed by atoms with Crippen molar-refractivity contribution in [3.8, 4) is 0 Å². The molecular formula is C15H15BrO2. The fraction of sp³-hybridized carbons (Fsp3) is 0.333. The van der Waals surface area contributed by atoms with Crippen molar-refractivity contribution in [1.82, 2.24) is 0 Å². The van der Waals surface area contributed by atoms with E-state index in [0.29, 0.717) is 0 Å². The van der Waals surface area contributed by atoms with Crippen molar-refractivity contribution in [1.29, 1.82) is 0 Å². The molecule has 2 rings (SSSR count). The molecule has 1 aromatic rings. The van der Waals surface area contributed by atoms with Gasteiger partial charge in [0.1, 0.15) is 12.6 Å². The predicted molar refractivity (Wildman–Crippen MR) is 74.4 cm³/mol. The molecule has 94 valence electrons. The zero-order valence-electron chi connectivity index (χ0n) is 10.2. The van der Waals surface area contributed by atoms with Gasteiger partial charge in [0.05, 0.1) is 0 Å². The Labute approximate surface area is 115 Å². The summed E-state index contributed by atoms with van der Waals surface area (Å²) in [4.78, 5) is 22.5. The molecule has 0 aliphatic heterocycles. The maximum atomic E-state index is 11.3. The van der Waals surface area contributed by atoms with Crippen molar-refractivity contribution < 1.29 is 9.59 Å². The lowest BCUT2D eigenvalue weighted by molar-refractivity contribution is -0.112. The lowest BCUT2D eigenvalue weighted by atomic mass is 9.73. The van der Waals surface area contributed by atoms with E-state index >= 15 is 0 Å². The largest absolute Gasteiger partial charge is 0.303 e. The Balaban J connectivity index is 2.47. The molecule has 0 saturated carbocycles. The van der Waals surface area contributed by atoms with E-state index in [0.717, 1.165) is 46.6 Å².